The lowest BCUT2D eigenvalue weighted by molar-refractivity contribution is -0.123. The van der Waals surface area contributed by atoms with E-state index in [1.165, 1.54) is 270 Å². The van der Waals surface area contributed by atoms with Crippen molar-refractivity contribution in [3.63, 3.8) is 0 Å². The molecule has 0 bridgehead atoms. The molecule has 0 aromatic carbocycles. The summed E-state index contributed by atoms with van der Waals surface area (Å²) in [6.07, 6.45) is 72.1. The smallest absolute Gasteiger partial charge is 0.220 e. The van der Waals surface area contributed by atoms with Crippen LogP contribution in [0, 0.1) is 0 Å². The number of unbranched alkanes of at least 4 members (excludes halogenated alkanes) is 44. The second kappa shape index (κ2) is 54.2. The maximum absolute atomic E-state index is 12.5. The summed E-state index contributed by atoms with van der Waals surface area (Å²) in [5, 5.41) is 23.1. The quantitative estimate of drug-likeness (QED) is 0.0421. The molecule has 0 aliphatic carbocycles. The minimum atomic E-state index is -0.860. The molecule has 4 heteroatoms. The Hall–Kier alpha value is -1.13. The van der Waals surface area contributed by atoms with E-state index in [1.54, 1.807) is 6.08 Å². The fourth-order valence-electron chi connectivity index (χ4n) is 9.08. The summed E-state index contributed by atoms with van der Waals surface area (Å²) in [6, 6.07) is -0.636. The van der Waals surface area contributed by atoms with Gasteiger partial charge in [-0.15, -0.1) is 0 Å². The normalized spacial score (nSPS) is 12.9. The van der Waals surface area contributed by atoms with Gasteiger partial charge in [0.15, 0.2) is 0 Å². The van der Waals surface area contributed by atoms with Crippen molar-refractivity contribution in [2.75, 3.05) is 6.61 Å². The first-order valence-corrected chi connectivity index (χ1v) is 28.6. The first-order valence-electron chi connectivity index (χ1n) is 28.6. The van der Waals surface area contributed by atoms with Gasteiger partial charge in [0.05, 0.1) is 18.8 Å². The van der Waals surface area contributed by atoms with E-state index in [2.05, 4.69) is 31.3 Å². The van der Waals surface area contributed by atoms with Crippen LogP contribution in [0.2, 0.25) is 0 Å². The molecule has 0 aliphatic rings. The Balaban J connectivity index is 3.48. The molecule has 0 aromatic rings. The van der Waals surface area contributed by atoms with E-state index in [-0.39, 0.29) is 12.5 Å². The molecular weight excluding hydrogens is 759 g/mol. The topological polar surface area (TPSA) is 69.6 Å². The molecule has 0 heterocycles. The lowest BCUT2D eigenvalue weighted by Gasteiger charge is -2.19. The summed E-state index contributed by atoms with van der Waals surface area (Å²) < 4.78 is 0. The van der Waals surface area contributed by atoms with Gasteiger partial charge < -0.3 is 15.5 Å². The Morgan fingerprint density at radius 1 is 0.371 bits per heavy atom. The number of allylic oxidation sites excluding steroid dienone is 3. The maximum atomic E-state index is 12.5. The Morgan fingerprint density at radius 3 is 0.935 bits per heavy atom. The summed E-state index contributed by atoms with van der Waals surface area (Å²) in [7, 11) is 0. The predicted octanol–water partition coefficient (Wildman–Crippen LogP) is 18.7. The minimum Gasteiger partial charge on any atom is -0.394 e. The first-order chi connectivity index (χ1) is 30.7. The summed E-state index contributed by atoms with van der Waals surface area (Å²) in [5.74, 6) is -0.0671. The summed E-state index contributed by atoms with van der Waals surface area (Å²) in [5.41, 5.74) is 0. The average molecular weight is 873 g/mol. The van der Waals surface area contributed by atoms with E-state index >= 15 is 0 Å². The molecular formula is C58H113NO3. The molecule has 0 aromatic heterocycles. The highest BCUT2D eigenvalue weighted by molar-refractivity contribution is 5.76. The van der Waals surface area contributed by atoms with Gasteiger partial charge in [0.25, 0.3) is 0 Å². The van der Waals surface area contributed by atoms with Gasteiger partial charge in [-0.3, -0.25) is 4.79 Å². The Kier molecular flexibility index (Phi) is 53.2. The number of hydrogen-bond acceptors (Lipinski definition) is 3. The third-order valence-electron chi connectivity index (χ3n) is 13.4. The number of carbonyl (C=O) groups excluding carboxylic acids is 1. The summed E-state index contributed by atoms with van der Waals surface area (Å²) in [6.45, 7) is 4.34. The highest BCUT2D eigenvalue weighted by atomic mass is 16.3. The van der Waals surface area contributed by atoms with Gasteiger partial charge in [-0.1, -0.05) is 308 Å². The molecule has 0 radical (unpaired) electrons. The van der Waals surface area contributed by atoms with E-state index in [1.807, 2.05) is 6.08 Å². The molecule has 62 heavy (non-hydrogen) atoms. The molecule has 0 rings (SSSR count). The van der Waals surface area contributed by atoms with Crippen LogP contribution in [0.15, 0.2) is 24.3 Å². The zero-order valence-corrected chi connectivity index (χ0v) is 42.4. The molecule has 0 fully saturated rings. The van der Waals surface area contributed by atoms with E-state index in [0.29, 0.717) is 6.42 Å². The fraction of sp³-hybridized carbons (Fsp3) is 0.914. The third-order valence-corrected chi connectivity index (χ3v) is 13.4. The van der Waals surface area contributed by atoms with Gasteiger partial charge in [-0.25, -0.2) is 0 Å². The third kappa shape index (κ3) is 49.9. The number of aliphatic hydroxyl groups excluding tert-OH is 2. The first kappa shape index (κ1) is 60.9. The van der Waals surface area contributed by atoms with Gasteiger partial charge in [0.2, 0.25) is 5.91 Å². The van der Waals surface area contributed by atoms with Gasteiger partial charge in [0, 0.05) is 6.42 Å². The molecule has 0 saturated heterocycles. The van der Waals surface area contributed by atoms with E-state index in [4.69, 9.17) is 0 Å². The zero-order chi connectivity index (χ0) is 44.9. The minimum absolute atomic E-state index is 0.0671. The van der Waals surface area contributed by atoms with Gasteiger partial charge >= 0.3 is 0 Å². The van der Waals surface area contributed by atoms with E-state index in [0.717, 1.165) is 32.1 Å². The molecule has 2 unspecified atom stereocenters. The van der Waals surface area contributed by atoms with Gasteiger partial charge in [-0.05, 0) is 32.1 Å². The number of hydrogen-bond donors (Lipinski definition) is 3. The number of carbonyl (C=O) groups is 1. The molecule has 0 saturated carbocycles. The standard InChI is InChI=1S/C58H113NO3/c1-3-5-7-9-11-13-15-17-19-21-23-25-26-27-28-29-30-31-32-33-34-35-37-39-41-43-45-47-49-51-53-57(61)56(55-60)59-58(62)54-52-50-48-46-44-42-40-38-36-24-22-20-18-16-14-12-10-8-6-4-2/h43,45,51,53,56-57,60-61H,3-42,44,46-50,52,54-55H2,1-2H3,(H,59,62)/b45-43+,53-51+. The zero-order valence-electron chi connectivity index (χ0n) is 42.4. The van der Waals surface area contributed by atoms with Crippen LogP contribution in [0.25, 0.3) is 0 Å². The molecule has 368 valence electrons. The molecule has 1 amide bonds. The highest BCUT2D eigenvalue weighted by Gasteiger charge is 2.18. The number of amides is 1. The van der Waals surface area contributed by atoms with Crippen molar-refractivity contribution in [3.05, 3.63) is 24.3 Å². The van der Waals surface area contributed by atoms with Crippen LogP contribution in [-0.4, -0.2) is 34.9 Å². The van der Waals surface area contributed by atoms with E-state index < -0.39 is 12.1 Å². The molecule has 4 nitrogen and oxygen atoms in total. The monoisotopic (exact) mass is 872 g/mol. The summed E-state index contributed by atoms with van der Waals surface area (Å²) >= 11 is 0. The molecule has 2 atom stereocenters. The fourth-order valence-corrected chi connectivity index (χ4v) is 9.08. The SMILES string of the molecule is CCCCCCCCCCCCCCCCCCCCCCCCCC/C=C/CC/C=C/C(O)C(CO)NC(=O)CCCCCCCCCCCCCCCCCCCCCC. The van der Waals surface area contributed by atoms with Crippen molar-refractivity contribution in [3.8, 4) is 0 Å². The van der Waals surface area contributed by atoms with Gasteiger partial charge in [0.1, 0.15) is 0 Å². The van der Waals surface area contributed by atoms with Crippen molar-refractivity contribution >= 4 is 5.91 Å². The maximum Gasteiger partial charge on any atom is 0.220 e. The Bertz CT molecular complexity index is 901. The second-order valence-electron chi connectivity index (χ2n) is 19.7. The van der Waals surface area contributed by atoms with Crippen molar-refractivity contribution in [2.24, 2.45) is 0 Å². The molecule has 3 N–H and O–H groups in total. The number of nitrogens with one attached hydrogen (secondary N) is 1. The summed E-state index contributed by atoms with van der Waals surface area (Å²) in [4.78, 5) is 12.5. The number of aliphatic hydroxyl groups is 2. The van der Waals surface area contributed by atoms with Crippen molar-refractivity contribution < 1.29 is 15.0 Å². The average Bonchev–Trinajstić information content (AvgIpc) is 3.28. The van der Waals surface area contributed by atoms with Crippen LogP contribution < -0.4 is 5.32 Å². The van der Waals surface area contributed by atoms with Gasteiger partial charge in [-0.2, -0.15) is 0 Å². The predicted molar refractivity (Wildman–Crippen MR) is 276 cm³/mol. The largest absolute Gasteiger partial charge is 0.394 e. The lowest BCUT2D eigenvalue weighted by atomic mass is 10.0. The van der Waals surface area contributed by atoms with Crippen molar-refractivity contribution in [2.45, 2.75) is 334 Å². The lowest BCUT2D eigenvalue weighted by Crippen LogP contribution is -2.45. The second-order valence-corrected chi connectivity index (χ2v) is 19.7. The Morgan fingerprint density at radius 2 is 0.629 bits per heavy atom. The highest BCUT2D eigenvalue weighted by Crippen LogP contribution is 2.18. The van der Waals surface area contributed by atoms with Crippen LogP contribution in [0.1, 0.15) is 322 Å². The van der Waals surface area contributed by atoms with Crippen molar-refractivity contribution in [1.29, 1.82) is 0 Å². The van der Waals surface area contributed by atoms with Crippen LogP contribution in [0.5, 0.6) is 0 Å². The van der Waals surface area contributed by atoms with Crippen LogP contribution in [-0.2, 0) is 4.79 Å². The molecule has 0 aliphatic heterocycles. The molecule has 0 spiro atoms. The van der Waals surface area contributed by atoms with Crippen molar-refractivity contribution in [1.82, 2.24) is 5.32 Å². The van der Waals surface area contributed by atoms with Crippen LogP contribution >= 0.6 is 0 Å². The number of rotatable bonds is 53. The van der Waals surface area contributed by atoms with E-state index in [9.17, 15) is 15.0 Å². The Labute approximate surface area is 389 Å². The van der Waals surface area contributed by atoms with Crippen LogP contribution in [0.4, 0.5) is 0 Å². The van der Waals surface area contributed by atoms with Crippen LogP contribution in [0.3, 0.4) is 0 Å².